The summed E-state index contributed by atoms with van der Waals surface area (Å²) in [6, 6.07) is 11.6. The molecule has 0 aromatic carbocycles. The molecule has 3 aliphatic rings. The molecule has 350 valence electrons. The zero-order chi connectivity index (χ0) is 48.3. The number of aromatic nitrogens is 6. The highest BCUT2D eigenvalue weighted by Crippen LogP contribution is 2.38. The minimum atomic E-state index is -1.42. The van der Waals surface area contributed by atoms with Crippen molar-refractivity contribution in [1.29, 1.82) is 0 Å². The van der Waals surface area contributed by atoms with E-state index in [0.717, 1.165) is 68.3 Å². The molecule has 1 unspecified atom stereocenters. The lowest BCUT2D eigenvalue weighted by Crippen LogP contribution is -2.42. The predicted molar refractivity (Wildman–Crippen MR) is 244 cm³/mol. The molecule has 4 atom stereocenters. The first-order valence-corrected chi connectivity index (χ1v) is 21.4. The van der Waals surface area contributed by atoms with E-state index in [2.05, 4.69) is 15.0 Å². The number of esters is 5. The molecule has 1 saturated heterocycles. The number of aryl methyl sites for hydroxylation is 2. The van der Waals surface area contributed by atoms with Gasteiger partial charge in [0.15, 0.2) is 18.4 Å². The van der Waals surface area contributed by atoms with E-state index in [1.807, 2.05) is 57.2 Å². The third-order valence-corrected chi connectivity index (χ3v) is 11.5. The summed E-state index contributed by atoms with van der Waals surface area (Å²) in [6.45, 7) is 8.81. The standard InChI is InChI=1S/C48H50N6O13/c1-23-15-31-17-32-16-29(10-13-42(58)62-7)38(50-32)20-40-34(12-14-43(59)63-8)25(3)37(52-40)19-36-24(2)33(39(51-36)18-35(23)49-31)11-9-30-21-54(48(61)53-46(30)60)47-45(66-28(6)57)44(65-27(5)56)41(67-47)22-64-26(4)55/h9,11,15-21,41,44-45,47,49-50H,10,12-14,22H2,1-8H3,(H,53,60,61)/b11-9+,31-17?,32-17?,35-18?,36-19?,37-19?,38-20?,39-18?,40-20?/t41-,44?,45+,47-/m1/s1. The van der Waals surface area contributed by atoms with Crippen molar-refractivity contribution in [3.63, 3.8) is 0 Å². The first kappa shape index (κ1) is 47.3. The number of nitrogens with one attached hydrogen (secondary N) is 3. The van der Waals surface area contributed by atoms with Crippen LogP contribution in [0, 0.1) is 6.92 Å². The first-order valence-electron chi connectivity index (χ1n) is 21.4. The Hall–Kier alpha value is -7.67. The summed E-state index contributed by atoms with van der Waals surface area (Å²) in [6.07, 6.45) is 0.235. The molecule has 7 heterocycles. The highest BCUT2D eigenvalue weighted by atomic mass is 16.7. The average Bonchev–Trinajstić information content (AvgIpc) is 4.05. The summed E-state index contributed by atoms with van der Waals surface area (Å²) >= 11 is 0. The van der Waals surface area contributed by atoms with E-state index >= 15 is 0 Å². The van der Waals surface area contributed by atoms with Crippen LogP contribution in [0.4, 0.5) is 0 Å². The van der Waals surface area contributed by atoms with Crippen LogP contribution in [0.15, 0.2) is 58.3 Å². The molecule has 3 aliphatic heterocycles. The maximum Gasteiger partial charge on any atom is 0.330 e. The molecule has 1 fully saturated rings. The first-order chi connectivity index (χ1) is 31.9. The minimum absolute atomic E-state index is 0.000666. The highest BCUT2D eigenvalue weighted by molar-refractivity contribution is 5.99. The smallest absolute Gasteiger partial charge is 0.330 e. The molecule has 0 aliphatic carbocycles. The molecule has 8 bridgehead atoms. The van der Waals surface area contributed by atoms with E-state index in [0.29, 0.717) is 41.2 Å². The summed E-state index contributed by atoms with van der Waals surface area (Å²) < 4.78 is 33.1. The van der Waals surface area contributed by atoms with Crippen molar-refractivity contribution in [1.82, 2.24) is 29.5 Å². The van der Waals surface area contributed by atoms with E-state index in [1.54, 1.807) is 6.08 Å². The lowest BCUT2D eigenvalue weighted by Gasteiger charge is -2.24. The van der Waals surface area contributed by atoms with Crippen molar-refractivity contribution in [3.8, 4) is 0 Å². The number of carbonyl (C=O) groups is 5. The Morgan fingerprint density at radius 1 is 0.701 bits per heavy atom. The van der Waals surface area contributed by atoms with E-state index in [4.69, 9.17) is 38.4 Å². The monoisotopic (exact) mass is 918 g/mol. The molecule has 4 aromatic heterocycles. The summed E-state index contributed by atoms with van der Waals surface area (Å²) in [5.41, 5.74) is 8.50. The fourth-order valence-electron chi connectivity index (χ4n) is 8.18. The van der Waals surface area contributed by atoms with Crippen LogP contribution < -0.4 is 11.2 Å². The Bertz CT molecular complexity index is 3080. The van der Waals surface area contributed by atoms with Gasteiger partial charge in [-0.05, 0) is 104 Å². The van der Waals surface area contributed by atoms with Gasteiger partial charge < -0.3 is 38.4 Å². The zero-order valence-corrected chi connectivity index (χ0v) is 38.2. The van der Waals surface area contributed by atoms with Gasteiger partial charge in [0.05, 0.1) is 42.6 Å². The number of ether oxygens (including phenoxy) is 6. The third kappa shape index (κ3) is 10.6. The van der Waals surface area contributed by atoms with E-state index in [-0.39, 0.29) is 30.3 Å². The number of hydrogen-bond acceptors (Lipinski definition) is 15. The molecule has 0 radical (unpaired) electrons. The van der Waals surface area contributed by atoms with Crippen molar-refractivity contribution in [2.24, 2.45) is 0 Å². The van der Waals surface area contributed by atoms with Crippen LogP contribution in [0.3, 0.4) is 0 Å². The summed E-state index contributed by atoms with van der Waals surface area (Å²) in [7, 11) is 2.69. The molecule has 0 amide bonds. The third-order valence-electron chi connectivity index (χ3n) is 11.5. The number of nitrogens with zero attached hydrogens (tertiary/aromatic N) is 3. The van der Waals surface area contributed by atoms with Crippen LogP contribution in [0.25, 0.3) is 50.4 Å². The van der Waals surface area contributed by atoms with Gasteiger partial charge in [-0.1, -0.05) is 6.08 Å². The number of hydrogen-bond donors (Lipinski definition) is 3. The lowest BCUT2D eigenvalue weighted by molar-refractivity contribution is -0.166. The van der Waals surface area contributed by atoms with Crippen LogP contribution in [0.5, 0.6) is 0 Å². The second kappa shape index (κ2) is 19.8. The summed E-state index contributed by atoms with van der Waals surface area (Å²) in [5.74, 6) is -2.88. The van der Waals surface area contributed by atoms with Gasteiger partial charge in [0.1, 0.15) is 12.7 Å². The van der Waals surface area contributed by atoms with E-state index < -0.39 is 60.3 Å². The molecule has 3 N–H and O–H groups in total. The van der Waals surface area contributed by atoms with Crippen LogP contribution in [0.1, 0.15) is 99.6 Å². The van der Waals surface area contributed by atoms with E-state index in [1.165, 1.54) is 33.4 Å². The quantitative estimate of drug-likeness (QED) is 0.112. The zero-order valence-electron chi connectivity index (χ0n) is 38.2. The maximum atomic E-state index is 13.4. The maximum absolute atomic E-state index is 13.4. The van der Waals surface area contributed by atoms with Crippen molar-refractivity contribution in [3.05, 3.63) is 109 Å². The lowest BCUT2D eigenvalue weighted by atomic mass is 10.00. The Morgan fingerprint density at radius 2 is 1.33 bits per heavy atom. The Kier molecular flexibility index (Phi) is 14.0. The van der Waals surface area contributed by atoms with Crippen molar-refractivity contribution >= 4 is 80.3 Å². The fraction of sp³-hybridized carbons (Fsp3) is 0.354. The average molecular weight is 919 g/mol. The molecule has 0 spiro atoms. The molecule has 19 nitrogen and oxygen atoms in total. The number of rotatable bonds is 13. The van der Waals surface area contributed by atoms with Gasteiger partial charge in [0.25, 0.3) is 5.56 Å². The summed E-state index contributed by atoms with van der Waals surface area (Å²) in [4.78, 5) is 107. The van der Waals surface area contributed by atoms with Gasteiger partial charge in [-0.3, -0.25) is 38.3 Å². The molecule has 19 heteroatoms. The molecule has 0 saturated carbocycles. The number of methoxy groups -OCH3 is 2. The molecular weight excluding hydrogens is 869 g/mol. The van der Waals surface area contributed by atoms with Gasteiger partial charge in [-0.15, -0.1) is 0 Å². The van der Waals surface area contributed by atoms with Crippen LogP contribution in [-0.4, -0.2) is 98.5 Å². The van der Waals surface area contributed by atoms with Gasteiger partial charge in [-0.2, -0.15) is 0 Å². The van der Waals surface area contributed by atoms with Crippen molar-refractivity contribution < 1.29 is 52.4 Å². The van der Waals surface area contributed by atoms with Gasteiger partial charge >= 0.3 is 35.5 Å². The normalized spacial score (nSPS) is 18.0. The van der Waals surface area contributed by atoms with Crippen molar-refractivity contribution in [2.45, 2.75) is 91.8 Å². The van der Waals surface area contributed by atoms with Crippen LogP contribution >= 0.6 is 0 Å². The number of fused-ring (bicyclic) bond motifs is 8. The topological polar surface area (TPSA) is 253 Å². The Balaban J connectivity index is 1.37. The summed E-state index contributed by atoms with van der Waals surface area (Å²) in [5, 5.41) is 0. The Morgan fingerprint density at radius 3 is 2.01 bits per heavy atom. The SMILES string of the molecule is COC(=O)CCC1=C(C)c2cc3nc(cc4[nH]c(cc4C)cc4cc(CCC(=O)OC)c(cc1n2)[nH]4)C(/C=C/c1cn([C@@H]2O[C@H](COC(C)=O)C(OC(C)=O)[C@@H]2OC(C)=O)c(=O)[nH]c1=O)=C3C. The number of allylic oxidation sites excluding steroid dienone is 5. The van der Waals surface area contributed by atoms with Crippen LogP contribution in [0.2, 0.25) is 0 Å². The van der Waals surface area contributed by atoms with Crippen LogP contribution in [-0.2, 0) is 58.8 Å². The largest absolute Gasteiger partial charge is 0.469 e. The molecule has 4 aromatic rings. The molecule has 7 rings (SSSR count). The van der Waals surface area contributed by atoms with Gasteiger partial charge in [0.2, 0.25) is 0 Å². The molecular formula is C48H50N6O13. The minimum Gasteiger partial charge on any atom is -0.469 e. The van der Waals surface area contributed by atoms with Crippen molar-refractivity contribution in [2.75, 3.05) is 20.8 Å². The highest BCUT2D eigenvalue weighted by Gasteiger charge is 2.51. The number of carbonyl (C=O) groups excluding carboxylic acids is 5. The predicted octanol–water partition coefficient (Wildman–Crippen LogP) is 5.43. The second-order valence-electron chi connectivity index (χ2n) is 16.2. The fourth-order valence-corrected chi connectivity index (χ4v) is 8.18. The number of H-pyrrole nitrogens is 3. The van der Waals surface area contributed by atoms with Gasteiger partial charge in [0, 0.05) is 67.4 Å². The Labute approximate surface area is 382 Å². The number of aromatic amines is 3. The molecule has 67 heavy (non-hydrogen) atoms. The second-order valence-corrected chi connectivity index (χ2v) is 16.2. The van der Waals surface area contributed by atoms with Gasteiger partial charge in [-0.25, -0.2) is 14.8 Å². The van der Waals surface area contributed by atoms with E-state index in [9.17, 15) is 33.6 Å².